The van der Waals surface area contributed by atoms with Crippen molar-refractivity contribution in [3.63, 3.8) is 0 Å². The van der Waals surface area contributed by atoms with Crippen LogP contribution in [0, 0.1) is 0 Å². The summed E-state index contributed by atoms with van der Waals surface area (Å²) in [6.45, 7) is 2.00. The lowest BCUT2D eigenvalue weighted by molar-refractivity contribution is 0.111. The number of sulfone groups is 1. The van der Waals surface area contributed by atoms with E-state index in [1.54, 1.807) is 0 Å². The molecule has 0 N–H and O–H groups in total. The minimum Gasteiger partial charge on any atom is -0.243 e. The number of alkyl halides is 2. The number of nitrogens with zero attached hydrogens (tertiary/aromatic N) is 2. The monoisotopic (exact) mass is 342 g/mol. The van der Waals surface area contributed by atoms with Crippen LogP contribution in [-0.2, 0) is 19.9 Å². The smallest absolute Gasteiger partial charge is 0.243 e. The molecule has 6 nitrogen and oxygen atoms in total. The number of pyridine rings is 1. The van der Waals surface area contributed by atoms with Crippen molar-refractivity contribution >= 4 is 19.9 Å². The van der Waals surface area contributed by atoms with Gasteiger partial charge in [-0.2, -0.15) is 4.31 Å². The van der Waals surface area contributed by atoms with Gasteiger partial charge >= 0.3 is 0 Å². The number of rotatable bonds is 6. The van der Waals surface area contributed by atoms with E-state index in [1.165, 1.54) is 13.8 Å². The van der Waals surface area contributed by atoms with Crippen molar-refractivity contribution in [3.05, 3.63) is 18.3 Å². The Labute approximate surface area is 122 Å². The van der Waals surface area contributed by atoms with Gasteiger partial charge in [0.25, 0.3) is 6.43 Å². The molecule has 0 atom stereocenters. The third-order valence-electron chi connectivity index (χ3n) is 2.59. The van der Waals surface area contributed by atoms with Crippen LogP contribution in [0.4, 0.5) is 8.78 Å². The van der Waals surface area contributed by atoms with Crippen LogP contribution >= 0.6 is 0 Å². The highest BCUT2D eigenvalue weighted by Gasteiger charge is 2.30. The van der Waals surface area contributed by atoms with Gasteiger partial charge in [-0.05, 0) is 26.0 Å². The van der Waals surface area contributed by atoms with E-state index in [9.17, 15) is 25.6 Å². The first-order valence-corrected chi connectivity index (χ1v) is 9.25. The Morgan fingerprint density at radius 1 is 1.19 bits per heavy atom. The van der Waals surface area contributed by atoms with Crippen LogP contribution in [0.5, 0.6) is 0 Å². The molecular weight excluding hydrogens is 326 g/mol. The maximum atomic E-state index is 12.5. The first-order chi connectivity index (χ1) is 9.46. The number of halogens is 2. The van der Waals surface area contributed by atoms with Crippen LogP contribution in [0.15, 0.2) is 28.3 Å². The Bertz CT molecular complexity index is 685. The fraction of sp³-hybridized carbons (Fsp3) is 0.545. The molecule has 0 bridgehead atoms. The van der Waals surface area contributed by atoms with Crippen LogP contribution in [0.2, 0.25) is 0 Å². The van der Waals surface area contributed by atoms with Gasteiger partial charge in [0.15, 0.2) is 14.9 Å². The maximum Gasteiger partial charge on any atom is 0.252 e. The lowest BCUT2D eigenvalue weighted by atomic mass is 10.4. The van der Waals surface area contributed by atoms with E-state index in [1.807, 2.05) is 0 Å². The second kappa shape index (κ2) is 6.32. The van der Waals surface area contributed by atoms with Gasteiger partial charge in [0, 0.05) is 18.5 Å². The van der Waals surface area contributed by atoms with Crippen LogP contribution in [0.25, 0.3) is 0 Å². The van der Waals surface area contributed by atoms with Gasteiger partial charge in [-0.15, -0.1) is 0 Å². The maximum absolute atomic E-state index is 12.5. The van der Waals surface area contributed by atoms with Crippen LogP contribution < -0.4 is 0 Å². The van der Waals surface area contributed by atoms with Gasteiger partial charge < -0.3 is 0 Å². The Morgan fingerprint density at radius 3 is 2.10 bits per heavy atom. The molecule has 0 amide bonds. The lowest BCUT2D eigenvalue weighted by Gasteiger charge is -2.25. The molecule has 21 heavy (non-hydrogen) atoms. The second-order valence-corrected chi connectivity index (χ2v) is 8.52. The van der Waals surface area contributed by atoms with E-state index in [4.69, 9.17) is 0 Å². The summed E-state index contributed by atoms with van der Waals surface area (Å²) in [5, 5.41) is -0.286. The molecule has 0 radical (unpaired) electrons. The zero-order valence-corrected chi connectivity index (χ0v) is 13.3. The third kappa shape index (κ3) is 4.42. The van der Waals surface area contributed by atoms with Crippen molar-refractivity contribution in [2.75, 3.05) is 12.8 Å². The van der Waals surface area contributed by atoms with Crippen LogP contribution in [0.3, 0.4) is 0 Å². The van der Waals surface area contributed by atoms with Crippen LogP contribution in [0.1, 0.15) is 13.8 Å². The van der Waals surface area contributed by atoms with Gasteiger partial charge in [-0.1, -0.05) is 0 Å². The summed E-state index contributed by atoms with van der Waals surface area (Å²) < 4.78 is 72.7. The number of hydrogen-bond acceptors (Lipinski definition) is 5. The Kier molecular flexibility index (Phi) is 5.40. The van der Waals surface area contributed by atoms with Gasteiger partial charge in [-0.3, -0.25) is 0 Å². The SMILES string of the molecule is CC(C)N(CC(F)F)S(=O)(=O)c1ccc(S(C)(=O)=O)nc1. The van der Waals surface area contributed by atoms with Crippen molar-refractivity contribution in [3.8, 4) is 0 Å². The Morgan fingerprint density at radius 2 is 1.76 bits per heavy atom. The summed E-state index contributed by atoms with van der Waals surface area (Å²) in [6, 6.07) is 1.40. The molecule has 120 valence electrons. The molecule has 0 saturated heterocycles. The van der Waals surface area contributed by atoms with Crippen molar-refractivity contribution in [2.24, 2.45) is 0 Å². The van der Waals surface area contributed by atoms with E-state index in [2.05, 4.69) is 4.98 Å². The predicted octanol–water partition coefficient (Wildman–Crippen LogP) is 1.15. The molecular formula is C11H16F2N2O4S2. The van der Waals surface area contributed by atoms with Crippen molar-refractivity contribution in [2.45, 2.75) is 36.2 Å². The van der Waals surface area contributed by atoms with E-state index in [0.717, 1.165) is 24.6 Å². The molecule has 0 spiro atoms. The number of hydrogen-bond donors (Lipinski definition) is 0. The highest BCUT2D eigenvalue weighted by Crippen LogP contribution is 2.20. The molecule has 1 heterocycles. The standard InChI is InChI=1S/C11H16F2N2O4S2/c1-8(2)15(7-10(12)13)21(18,19)9-4-5-11(14-6-9)20(3,16)17/h4-6,8,10H,7H2,1-3H3. The van der Waals surface area contributed by atoms with Crippen molar-refractivity contribution in [1.82, 2.24) is 9.29 Å². The highest BCUT2D eigenvalue weighted by molar-refractivity contribution is 7.90. The summed E-state index contributed by atoms with van der Waals surface area (Å²) in [6.07, 6.45) is -1.03. The summed E-state index contributed by atoms with van der Waals surface area (Å²) >= 11 is 0. The first-order valence-electron chi connectivity index (χ1n) is 5.92. The topological polar surface area (TPSA) is 84.4 Å². The summed E-state index contributed by atoms with van der Waals surface area (Å²) in [5.41, 5.74) is 0. The largest absolute Gasteiger partial charge is 0.252 e. The summed E-state index contributed by atoms with van der Waals surface area (Å²) in [4.78, 5) is 3.23. The zero-order chi connectivity index (χ0) is 16.4. The van der Waals surface area contributed by atoms with Gasteiger partial charge in [0.1, 0.15) is 4.90 Å². The van der Waals surface area contributed by atoms with Crippen LogP contribution in [-0.4, -0.2) is 51.4 Å². The third-order valence-corrected chi connectivity index (χ3v) is 5.62. The van der Waals surface area contributed by atoms with Gasteiger partial charge in [0.05, 0.1) is 6.54 Å². The van der Waals surface area contributed by atoms with E-state index < -0.39 is 38.9 Å². The average Bonchev–Trinajstić information content (AvgIpc) is 2.34. The molecule has 1 aromatic rings. The molecule has 0 aliphatic carbocycles. The van der Waals surface area contributed by atoms with E-state index >= 15 is 0 Å². The Balaban J connectivity index is 3.23. The number of sulfonamides is 1. The lowest BCUT2D eigenvalue weighted by Crippen LogP contribution is -2.40. The molecule has 0 aliphatic heterocycles. The normalized spacial score (nSPS) is 13.3. The summed E-state index contributed by atoms with van der Waals surface area (Å²) in [7, 11) is -7.72. The first kappa shape index (κ1) is 17.9. The quantitative estimate of drug-likeness (QED) is 0.774. The molecule has 0 saturated carbocycles. The molecule has 0 aromatic carbocycles. The molecule has 0 aliphatic rings. The van der Waals surface area contributed by atoms with Crippen molar-refractivity contribution in [1.29, 1.82) is 0 Å². The van der Waals surface area contributed by atoms with Crippen molar-refractivity contribution < 1.29 is 25.6 Å². The minimum absolute atomic E-state index is 0.286. The fourth-order valence-corrected chi connectivity index (χ4v) is 3.72. The fourth-order valence-electron chi connectivity index (χ4n) is 1.60. The molecule has 0 unspecified atom stereocenters. The molecule has 10 heteroatoms. The minimum atomic E-state index is -4.16. The van der Waals surface area contributed by atoms with E-state index in [-0.39, 0.29) is 9.92 Å². The predicted molar refractivity (Wildman–Crippen MR) is 72.4 cm³/mol. The average molecular weight is 342 g/mol. The molecule has 0 fully saturated rings. The molecule has 1 aromatic heterocycles. The van der Waals surface area contributed by atoms with Gasteiger partial charge in [0.2, 0.25) is 10.0 Å². The van der Waals surface area contributed by atoms with Gasteiger partial charge in [-0.25, -0.2) is 30.6 Å². The summed E-state index contributed by atoms with van der Waals surface area (Å²) in [5.74, 6) is 0. The molecule has 1 rings (SSSR count). The Hall–Kier alpha value is -1.13. The number of aromatic nitrogens is 1. The zero-order valence-electron chi connectivity index (χ0n) is 11.7. The highest BCUT2D eigenvalue weighted by atomic mass is 32.2. The second-order valence-electron chi connectivity index (χ2n) is 4.66. The van der Waals surface area contributed by atoms with E-state index in [0.29, 0.717) is 4.31 Å².